The highest BCUT2D eigenvalue weighted by molar-refractivity contribution is 5.46. The number of aliphatic hydroxyl groups is 1. The Morgan fingerprint density at radius 1 is 1.29 bits per heavy atom. The molecule has 1 aromatic rings. The van der Waals surface area contributed by atoms with E-state index >= 15 is 0 Å². The average Bonchev–Trinajstić information content (AvgIpc) is 2.40. The van der Waals surface area contributed by atoms with E-state index in [2.05, 4.69) is 22.3 Å². The molecule has 92 valence electrons. The third-order valence-electron chi connectivity index (χ3n) is 4.12. The predicted molar refractivity (Wildman–Crippen MR) is 68.9 cm³/mol. The number of fused-ring (bicyclic) bond motifs is 3. The maximum atomic E-state index is 9.14. The molecule has 3 heterocycles. The van der Waals surface area contributed by atoms with Crippen LogP contribution in [0.15, 0.2) is 24.3 Å². The molecule has 2 bridgehead atoms. The minimum Gasteiger partial charge on any atom is -0.392 e. The van der Waals surface area contributed by atoms with Crippen LogP contribution in [-0.4, -0.2) is 35.7 Å². The van der Waals surface area contributed by atoms with Gasteiger partial charge >= 0.3 is 0 Å². The summed E-state index contributed by atoms with van der Waals surface area (Å²) in [7, 11) is 0. The molecule has 3 saturated heterocycles. The van der Waals surface area contributed by atoms with Gasteiger partial charge in [0, 0.05) is 18.3 Å². The third kappa shape index (κ3) is 2.31. The molecule has 3 nitrogen and oxygen atoms in total. The van der Waals surface area contributed by atoms with E-state index in [1.807, 2.05) is 12.1 Å². The van der Waals surface area contributed by atoms with Crippen molar-refractivity contribution >= 4 is 5.69 Å². The molecule has 3 fully saturated rings. The highest BCUT2D eigenvalue weighted by Crippen LogP contribution is 2.29. The van der Waals surface area contributed by atoms with Crippen LogP contribution in [0.1, 0.15) is 18.4 Å². The summed E-state index contributed by atoms with van der Waals surface area (Å²) in [6.45, 7) is 3.85. The Kier molecular flexibility index (Phi) is 3.04. The lowest BCUT2D eigenvalue weighted by molar-refractivity contribution is 0.0975. The topological polar surface area (TPSA) is 35.5 Å². The summed E-state index contributed by atoms with van der Waals surface area (Å²) in [4.78, 5) is 2.55. The fraction of sp³-hybridized carbons (Fsp3) is 0.571. The number of anilines is 1. The van der Waals surface area contributed by atoms with Crippen LogP contribution in [0.3, 0.4) is 0 Å². The SMILES string of the molecule is OCc1cccc(NC2CN3CCC2CC3)c1. The number of rotatable bonds is 3. The van der Waals surface area contributed by atoms with Crippen LogP contribution in [0, 0.1) is 5.92 Å². The van der Waals surface area contributed by atoms with Crippen LogP contribution in [0.5, 0.6) is 0 Å². The molecule has 1 unspecified atom stereocenters. The minimum atomic E-state index is 0.121. The van der Waals surface area contributed by atoms with E-state index in [1.54, 1.807) is 0 Å². The van der Waals surface area contributed by atoms with Gasteiger partial charge < -0.3 is 15.3 Å². The van der Waals surface area contributed by atoms with Gasteiger partial charge in [-0.15, -0.1) is 0 Å². The predicted octanol–water partition coefficient (Wildman–Crippen LogP) is 1.68. The van der Waals surface area contributed by atoms with Gasteiger partial charge in [-0.1, -0.05) is 12.1 Å². The first-order chi connectivity index (χ1) is 8.35. The van der Waals surface area contributed by atoms with Gasteiger partial charge in [-0.3, -0.25) is 0 Å². The zero-order valence-corrected chi connectivity index (χ0v) is 10.1. The van der Waals surface area contributed by atoms with Crippen molar-refractivity contribution in [1.82, 2.24) is 4.90 Å². The normalized spacial score (nSPS) is 31.5. The lowest BCUT2D eigenvalue weighted by atomic mass is 9.84. The van der Waals surface area contributed by atoms with Crippen molar-refractivity contribution in [3.05, 3.63) is 29.8 Å². The molecule has 1 atom stereocenters. The summed E-state index contributed by atoms with van der Waals surface area (Å²) in [5.41, 5.74) is 2.13. The van der Waals surface area contributed by atoms with Crippen molar-refractivity contribution in [2.75, 3.05) is 25.0 Å². The van der Waals surface area contributed by atoms with E-state index in [1.165, 1.54) is 32.5 Å². The standard InChI is InChI=1S/C14H20N2O/c17-10-11-2-1-3-13(8-11)15-14-9-16-6-4-12(14)5-7-16/h1-3,8,12,14-15,17H,4-7,9-10H2. The van der Waals surface area contributed by atoms with Crippen molar-refractivity contribution in [1.29, 1.82) is 0 Å². The molecule has 0 amide bonds. The van der Waals surface area contributed by atoms with Crippen LogP contribution in [0.4, 0.5) is 5.69 Å². The highest BCUT2D eigenvalue weighted by Gasteiger charge is 2.33. The third-order valence-corrected chi connectivity index (χ3v) is 4.12. The first-order valence-corrected chi connectivity index (χ1v) is 6.54. The van der Waals surface area contributed by atoms with Crippen LogP contribution < -0.4 is 5.32 Å². The van der Waals surface area contributed by atoms with Crippen LogP contribution in [-0.2, 0) is 6.61 Å². The molecular formula is C14H20N2O. The molecule has 0 aliphatic carbocycles. The lowest BCUT2D eigenvalue weighted by Crippen LogP contribution is -2.53. The number of piperidine rings is 3. The van der Waals surface area contributed by atoms with Crippen LogP contribution >= 0.6 is 0 Å². The minimum absolute atomic E-state index is 0.121. The number of aliphatic hydroxyl groups excluding tert-OH is 1. The van der Waals surface area contributed by atoms with E-state index in [0.29, 0.717) is 6.04 Å². The van der Waals surface area contributed by atoms with Gasteiger partial charge in [-0.2, -0.15) is 0 Å². The van der Waals surface area contributed by atoms with Crippen molar-refractivity contribution in [2.45, 2.75) is 25.5 Å². The number of nitrogens with zero attached hydrogens (tertiary/aromatic N) is 1. The quantitative estimate of drug-likeness (QED) is 0.832. The summed E-state index contributed by atoms with van der Waals surface area (Å²) >= 11 is 0. The molecule has 0 aromatic heterocycles. The molecule has 0 saturated carbocycles. The molecule has 3 aliphatic heterocycles. The van der Waals surface area contributed by atoms with Gasteiger partial charge in [0.25, 0.3) is 0 Å². The van der Waals surface area contributed by atoms with E-state index in [4.69, 9.17) is 5.11 Å². The molecule has 3 aliphatic rings. The van der Waals surface area contributed by atoms with Gasteiger partial charge in [0.1, 0.15) is 0 Å². The van der Waals surface area contributed by atoms with Gasteiger partial charge in [-0.05, 0) is 49.5 Å². The molecule has 2 N–H and O–H groups in total. The number of hydrogen-bond acceptors (Lipinski definition) is 3. The Morgan fingerprint density at radius 3 is 2.76 bits per heavy atom. The van der Waals surface area contributed by atoms with Gasteiger partial charge in [0.15, 0.2) is 0 Å². The van der Waals surface area contributed by atoms with Gasteiger partial charge in [0.2, 0.25) is 0 Å². The van der Waals surface area contributed by atoms with Crippen molar-refractivity contribution < 1.29 is 5.11 Å². The number of benzene rings is 1. The van der Waals surface area contributed by atoms with E-state index in [-0.39, 0.29) is 6.61 Å². The zero-order valence-electron chi connectivity index (χ0n) is 10.1. The molecule has 0 radical (unpaired) electrons. The zero-order chi connectivity index (χ0) is 11.7. The fourth-order valence-corrected chi connectivity index (χ4v) is 3.10. The fourth-order valence-electron chi connectivity index (χ4n) is 3.10. The van der Waals surface area contributed by atoms with Gasteiger partial charge in [0.05, 0.1) is 6.61 Å². The van der Waals surface area contributed by atoms with E-state index < -0.39 is 0 Å². The molecule has 17 heavy (non-hydrogen) atoms. The first-order valence-electron chi connectivity index (χ1n) is 6.54. The summed E-state index contributed by atoms with van der Waals surface area (Å²) in [6.07, 6.45) is 2.66. The maximum absolute atomic E-state index is 9.14. The second kappa shape index (κ2) is 4.67. The Morgan fingerprint density at radius 2 is 2.12 bits per heavy atom. The lowest BCUT2D eigenvalue weighted by Gasteiger charge is -2.45. The Hall–Kier alpha value is -1.06. The van der Waals surface area contributed by atoms with E-state index in [0.717, 1.165) is 17.2 Å². The summed E-state index contributed by atoms with van der Waals surface area (Å²) < 4.78 is 0. The molecule has 0 spiro atoms. The number of hydrogen-bond donors (Lipinski definition) is 2. The first kappa shape index (κ1) is 11.1. The van der Waals surface area contributed by atoms with Gasteiger partial charge in [-0.25, -0.2) is 0 Å². The number of nitrogens with one attached hydrogen (secondary N) is 1. The average molecular weight is 232 g/mol. The Bertz CT molecular complexity index is 386. The molecule has 3 heteroatoms. The largest absolute Gasteiger partial charge is 0.392 e. The van der Waals surface area contributed by atoms with Crippen LogP contribution in [0.2, 0.25) is 0 Å². The Labute approximate surface area is 102 Å². The van der Waals surface area contributed by atoms with E-state index in [9.17, 15) is 0 Å². The monoisotopic (exact) mass is 232 g/mol. The van der Waals surface area contributed by atoms with Crippen molar-refractivity contribution in [2.24, 2.45) is 5.92 Å². The molecule has 1 aromatic carbocycles. The summed E-state index contributed by atoms with van der Waals surface area (Å²) in [5.74, 6) is 0.831. The summed E-state index contributed by atoms with van der Waals surface area (Å²) in [5, 5.41) is 12.8. The summed E-state index contributed by atoms with van der Waals surface area (Å²) in [6, 6.07) is 8.71. The van der Waals surface area contributed by atoms with Crippen LogP contribution in [0.25, 0.3) is 0 Å². The van der Waals surface area contributed by atoms with Crippen molar-refractivity contribution in [3.8, 4) is 0 Å². The maximum Gasteiger partial charge on any atom is 0.0682 e. The molecule has 4 rings (SSSR count). The molecular weight excluding hydrogens is 212 g/mol. The second-order valence-electron chi connectivity index (χ2n) is 5.25. The van der Waals surface area contributed by atoms with Crippen molar-refractivity contribution in [3.63, 3.8) is 0 Å². The second-order valence-corrected chi connectivity index (χ2v) is 5.25. The highest BCUT2D eigenvalue weighted by atomic mass is 16.3. The smallest absolute Gasteiger partial charge is 0.0682 e. The Balaban J connectivity index is 1.70.